The van der Waals surface area contributed by atoms with Gasteiger partial charge in [-0.3, -0.25) is 4.79 Å². The van der Waals surface area contributed by atoms with E-state index in [9.17, 15) is 15.0 Å². The number of rotatable bonds is 5. The van der Waals surface area contributed by atoms with Crippen LogP contribution in [-0.2, 0) is 18.4 Å². The highest BCUT2D eigenvalue weighted by atomic mass is 16.4. The van der Waals surface area contributed by atoms with E-state index < -0.39 is 5.97 Å². The van der Waals surface area contributed by atoms with Crippen molar-refractivity contribution in [2.24, 2.45) is 7.05 Å². The molecule has 2 N–H and O–H groups in total. The van der Waals surface area contributed by atoms with Crippen molar-refractivity contribution in [3.8, 4) is 0 Å². The first kappa shape index (κ1) is 17.1. The van der Waals surface area contributed by atoms with Gasteiger partial charge in [-0.1, -0.05) is 29.5 Å². The molecule has 0 spiro atoms. The molecular weight excluding hydrogens is 318 g/mol. The fraction of sp³-hybridized carbons (Fsp3) is 0.316. The minimum atomic E-state index is -0.866. The molecule has 2 aromatic carbocycles. The van der Waals surface area contributed by atoms with Crippen LogP contribution in [0.2, 0.25) is 0 Å². The molecule has 0 bridgehead atoms. The Morgan fingerprint density at radius 3 is 2.68 bits per heavy atom. The molecule has 0 saturated heterocycles. The average molecular weight is 339 g/mol. The second kappa shape index (κ2) is 6.64. The lowest BCUT2D eigenvalue weighted by molar-refractivity contribution is -0.137. The van der Waals surface area contributed by atoms with E-state index in [1.54, 1.807) is 4.68 Å². The van der Waals surface area contributed by atoms with Gasteiger partial charge >= 0.3 is 5.97 Å². The van der Waals surface area contributed by atoms with Crippen molar-refractivity contribution in [1.29, 1.82) is 0 Å². The molecule has 0 amide bonds. The third kappa shape index (κ3) is 3.13. The minimum Gasteiger partial charge on any atom is -0.481 e. The Hall–Kier alpha value is -2.73. The third-order valence-corrected chi connectivity index (χ3v) is 4.78. The SMILES string of the molecule is Cc1ccc(C(CC(=O)O)c2ccc3c(nnn3C)c2C)cc1CO. The molecular formula is C19H21N3O3. The molecule has 0 saturated carbocycles. The van der Waals surface area contributed by atoms with Crippen LogP contribution in [0, 0.1) is 13.8 Å². The Labute approximate surface area is 145 Å². The number of hydrogen-bond acceptors (Lipinski definition) is 4. The van der Waals surface area contributed by atoms with Gasteiger partial charge in [0.15, 0.2) is 0 Å². The van der Waals surface area contributed by atoms with Gasteiger partial charge in [0.1, 0.15) is 5.52 Å². The molecule has 0 aliphatic carbocycles. The molecule has 0 aliphatic rings. The van der Waals surface area contributed by atoms with Gasteiger partial charge in [0, 0.05) is 13.0 Å². The Kier molecular flexibility index (Phi) is 4.55. The minimum absolute atomic E-state index is 0.0272. The predicted octanol–water partition coefficient (Wildman–Crippen LogP) is 2.68. The first-order chi connectivity index (χ1) is 11.9. The number of aliphatic carboxylic acids is 1. The summed E-state index contributed by atoms with van der Waals surface area (Å²) in [5, 5.41) is 27.2. The Morgan fingerprint density at radius 2 is 2.00 bits per heavy atom. The fourth-order valence-corrected chi connectivity index (χ4v) is 3.29. The predicted molar refractivity (Wildman–Crippen MR) is 94.4 cm³/mol. The van der Waals surface area contributed by atoms with Crippen LogP contribution in [0.15, 0.2) is 30.3 Å². The lowest BCUT2D eigenvalue weighted by Crippen LogP contribution is -2.10. The summed E-state index contributed by atoms with van der Waals surface area (Å²) in [4.78, 5) is 11.5. The molecule has 6 nitrogen and oxygen atoms in total. The summed E-state index contributed by atoms with van der Waals surface area (Å²) in [6, 6.07) is 9.62. The molecule has 3 rings (SSSR count). The quantitative estimate of drug-likeness (QED) is 0.746. The second-order valence-corrected chi connectivity index (χ2v) is 6.36. The molecule has 6 heteroatoms. The molecule has 1 aromatic heterocycles. The normalized spacial score (nSPS) is 12.5. The summed E-state index contributed by atoms with van der Waals surface area (Å²) in [5.74, 6) is -1.18. The van der Waals surface area contributed by atoms with Crippen molar-refractivity contribution in [2.45, 2.75) is 32.8 Å². The van der Waals surface area contributed by atoms with Gasteiger partial charge in [-0.05, 0) is 47.7 Å². The lowest BCUT2D eigenvalue weighted by atomic mass is 9.84. The van der Waals surface area contributed by atoms with Crippen molar-refractivity contribution in [3.05, 3.63) is 58.1 Å². The van der Waals surface area contributed by atoms with Crippen LogP contribution in [0.3, 0.4) is 0 Å². The number of carbonyl (C=O) groups is 1. The topological polar surface area (TPSA) is 88.2 Å². The Balaban J connectivity index is 2.16. The van der Waals surface area contributed by atoms with Gasteiger partial charge in [0.25, 0.3) is 0 Å². The maximum Gasteiger partial charge on any atom is 0.304 e. The Morgan fingerprint density at radius 1 is 1.24 bits per heavy atom. The summed E-state index contributed by atoms with van der Waals surface area (Å²) >= 11 is 0. The number of hydrogen-bond donors (Lipinski definition) is 2. The molecule has 0 fully saturated rings. The summed E-state index contributed by atoms with van der Waals surface area (Å²) in [7, 11) is 1.83. The lowest BCUT2D eigenvalue weighted by Gasteiger charge is -2.20. The largest absolute Gasteiger partial charge is 0.481 e. The van der Waals surface area contributed by atoms with E-state index in [0.29, 0.717) is 0 Å². The van der Waals surface area contributed by atoms with E-state index in [2.05, 4.69) is 10.3 Å². The molecule has 1 heterocycles. The van der Waals surface area contributed by atoms with E-state index in [1.807, 2.05) is 51.2 Å². The number of aryl methyl sites for hydroxylation is 3. The van der Waals surface area contributed by atoms with Crippen molar-refractivity contribution in [2.75, 3.05) is 0 Å². The number of carboxylic acid groups (broad SMARTS) is 1. The van der Waals surface area contributed by atoms with E-state index in [-0.39, 0.29) is 18.9 Å². The van der Waals surface area contributed by atoms with Crippen molar-refractivity contribution >= 4 is 17.0 Å². The van der Waals surface area contributed by atoms with E-state index >= 15 is 0 Å². The molecule has 0 radical (unpaired) electrons. The maximum atomic E-state index is 11.5. The van der Waals surface area contributed by atoms with Crippen molar-refractivity contribution in [1.82, 2.24) is 15.0 Å². The van der Waals surface area contributed by atoms with Crippen LogP contribution in [-0.4, -0.2) is 31.2 Å². The zero-order chi connectivity index (χ0) is 18.1. The van der Waals surface area contributed by atoms with Gasteiger partial charge < -0.3 is 10.2 Å². The van der Waals surface area contributed by atoms with E-state index in [4.69, 9.17) is 0 Å². The summed E-state index contributed by atoms with van der Waals surface area (Å²) < 4.78 is 1.70. The molecule has 0 aliphatic heterocycles. The number of carboxylic acids is 1. The zero-order valence-corrected chi connectivity index (χ0v) is 14.5. The summed E-state index contributed by atoms with van der Waals surface area (Å²) in [6.07, 6.45) is -0.0272. The van der Waals surface area contributed by atoms with Gasteiger partial charge in [0.05, 0.1) is 18.5 Å². The smallest absolute Gasteiger partial charge is 0.304 e. The maximum absolute atomic E-state index is 11.5. The third-order valence-electron chi connectivity index (χ3n) is 4.78. The standard InChI is InChI=1S/C19H21N3O3/c1-11-4-5-13(8-14(11)10-23)16(9-18(24)25)15-6-7-17-19(12(15)2)20-21-22(17)3/h4-8,16,23H,9-10H2,1-3H3,(H,24,25). The van der Waals surface area contributed by atoms with Crippen LogP contribution in [0.1, 0.15) is 40.2 Å². The molecule has 1 atom stereocenters. The number of nitrogens with zero attached hydrogens (tertiary/aromatic N) is 3. The molecule has 25 heavy (non-hydrogen) atoms. The molecule has 130 valence electrons. The second-order valence-electron chi connectivity index (χ2n) is 6.36. The number of aromatic nitrogens is 3. The molecule has 1 unspecified atom stereocenters. The highest BCUT2D eigenvalue weighted by Crippen LogP contribution is 2.34. The van der Waals surface area contributed by atoms with Gasteiger partial charge in [0.2, 0.25) is 0 Å². The van der Waals surface area contributed by atoms with E-state index in [1.165, 1.54) is 0 Å². The van der Waals surface area contributed by atoms with Gasteiger partial charge in [-0.25, -0.2) is 4.68 Å². The van der Waals surface area contributed by atoms with Gasteiger partial charge in [-0.2, -0.15) is 0 Å². The van der Waals surface area contributed by atoms with Gasteiger partial charge in [-0.15, -0.1) is 5.10 Å². The van der Waals surface area contributed by atoms with Crippen LogP contribution >= 0.6 is 0 Å². The highest BCUT2D eigenvalue weighted by molar-refractivity contribution is 5.80. The number of fused-ring (bicyclic) bond motifs is 1. The number of benzene rings is 2. The summed E-state index contributed by atoms with van der Waals surface area (Å²) in [6.45, 7) is 3.81. The molecule has 3 aromatic rings. The summed E-state index contributed by atoms with van der Waals surface area (Å²) in [5.41, 5.74) is 6.22. The van der Waals surface area contributed by atoms with Crippen LogP contribution in [0.25, 0.3) is 11.0 Å². The number of aliphatic hydroxyl groups is 1. The van der Waals surface area contributed by atoms with Crippen molar-refractivity contribution < 1.29 is 15.0 Å². The first-order valence-electron chi connectivity index (χ1n) is 8.13. The zero-order valence-electron chi connectivity index (χ0n) is 14.5. The van der Waals surface area contributed by atoms with E-state index in [0.717, 1.165) is 38.9 Å². The number of aliphatic hydroxyl groups excluding tert-OH is 1. The van der Waals surface area contributed by atoms with Crippen molar-refractivity contribution in [3.63, 3.8) is 0 Å². The Bertz CT molecular complexity index is 946. The monoisotopic (exact) mass is 339 g/mol. The fourth-order valence-electron chi connectivity index (χ4n) is 3.29. The van der Waals surface area contributed by atoms with Crippen LogP contribution < -0.4 is 0 Å². The van der Waals surface area contributed by atoms with Crippen LogP contribution in [0.4, 0.5) is 0 Å². The first-order valence-corrected chi connectivity index (χ1v) is 8.13. The average Bonchev–Trinajstić information content (AvgIpc) is 2.96. The highest BCUT2D eigenvalue weighted by Gasteiger charge is 2.22. The van der Waals surface area contributed by atoms with Crippen LogP contribution in [0.5, 0.6) is 0 Å².